The predicted octanol–water partition coefficient (Wildman–Crippen LogP) is 2.74. The van der Waals surface area contributed by atoms with E-state index in [2.05, 4.69) is 32.2 Å². The van der Waals surface area contributed by atoms with Gasteiger partial charge in [-0.1, -0.05) is 18.2 Å². The van der Waals surface area contributed by atoms with Gasteiger partial charge in [-0.3, -0.25) is 9.69 Å². The number of nitrogens with one attached hydrogen (secondary N) is 2. The highest BCUT2D eigenvalue weighted by molar-refractivity contribution is 5.83. The largest absolute Gasteiger partial charge is 0.508 e. The number of hydrogen-bond acceptors (Lipinski definition) is 4. The van der Waals surface area contributed by atoms with E-state index >= 15 is 0 Å². The number of phenols is 1. The van der Waals surface area contributed by atoms with E-state index in [1.165, 1.54) is 10.9 Å². The molecule has 1 amide bonds. The maximum Gasteiger partial charge on any atom is 0.237 e. The summed E-state index contributed by atoms with van der Waals surface area (Å²) >= 11 is 0. The molecule has 0 aliphatic carbocycles. The monoisotopic (exact) mass is 392 g/mol. The number of amides is 1. The molecule has 6 nitrogen and oxygen atoms in total. The smallest absolute Gasteiger partial charge is 0.237 e. The second-order valence-corrected chi connectivity index (χ2v) is 7.62. The summed E-state index contributed by atoms with van der Waals surface area (Å²) in [5.41, 5.74) is 3.48. The number of aromatic amines is 1. The second-order valence-electron chi connectivity index (χ2n) is 7.62. The van der Waals surface area contributed by atoms with Crippen LogP contribution in [0.15, 0.2) is 54.7 Å². The van der Waals surface area contributed by atoms with Crippen LogP contribution in [0.1, 0.15) is 12.5 Å². The molecule has 29 heavy (non-hydrogen) atoms. The minimum atomic E-state index is -0.139. The Morgan fingerprint density at radius 3 is 2.59 bits per heavy atom. The minimum absolute atomic E-state index is 0.0860. The molecular formula is C23H28N4O2. The van der Waals surface area contributed by atoms with E-state index in [0.29, 0.717) is 6.54 Å². The molecule has 3 aromatic rings. The van der Waals surface area contributed by atoms with Crippen LogP contribution >= 0.6 is 0 Å². The standard InChI is InChI=1S/C23H28N4O2/c1-17(26-12-14-27(15-13-26)19-6-8-20(28)9-7-19)23(29)24-11-10-18-16-25-22-5-3-2-4-21(18)22/h2-9,16-17,25,28H,10-15H2,1H3,(H,24,29). The van der Waals surface area contributed by atoms with Crippen molar-refractivity contribution < 1.29 is 9.90 Å². The van der Waals surface area contributed by atoms with Crippen LogP contribution in [0.3, 0.4) is 0 Å². The first-order chi connectivity index (χ1) is 14.1. The van der Waals surface area contributed by atoms with E-state index in [1.807, 2.05) is 37.4 Å². The van der Waals surface area contributed by atoms with Crippen molar-refractivity contribution in [1.29, 1.82) is 0 Å². The average molecular weight is 393 g/mol. The Kier molecular flexibility index (Phi) is 5.71. The van der Waals surface area contributed by atoms with Crippen molar-refractivity contribution in [2.75, 3.05) is 37.6 Å². The van der Waals surface area contributed by atoms with Crippen molar-refractivity contribution in [3.63, 3.8) is 0 Å². The summed E-state index contributed by atoms with van der Waals surface area (Å²) in [7, 11) is 0. The van der Waals surface area contributed by atoms with E-state index in [9.17, 15) is 9.90 Å². The van der Waals surface area contributed by atoms with Gasteiger partial charge in [0.25, 0.3) is 0 Å². The molecule has 1 unspecified atom stereocenters. The summed E-state index contributed by atoms with van der Waals surface area (Å²) in [6.45, 7) is 6.06. The zero-order chi connectivity index (χ0) is 20.2. The van der Waals surface area contributed by atoms with Gasteiger partial charge < -0.3 is 20.3 Å². The number of hydrogen-bond donors (Lipinski definition) is 3. The van der Waals surface area contributed by atoms with Crippen molar-refractivity contribution in [2.24, 2.45) is 0 Å². The number of aromatic hydroxyl groups is 1. The number of benzene rings is 2. The average Bonchev–Trinajstić information content (AvgIpc) is 3.17. The number of fused-ring (bicyclic) bond motifs is 1. The summed E-state index contributed by atoms with van der Waals surface area (Å²) in [5, 5.41) is 13.8. The molecule has 1 aliphatic heterocycles. The van der Waals surface area contributed by atoms with Crippen LogP contribution in [0.5, 0.6) is 5.75 Å². The van der Waals surface area contributed by atoms with Gasteiger partial charge in [-0.25, -0.2) is 0 Å². The Hall–Kier alpha value is -2.99. The lowest BCUT2D eigenvalue weighted by molar-refractivity contribution is -0.125. The lowest BCUT2D eigenvalue weighted by Crippen LogP contribution is -2.54. The first kappa shape index (κ1) is 19.3. The quantitative estimate of drug-likeness (QED) is 0.603. The van der Waals surface area contributed by atoms with Crippen molar-refractivity contribution in [3.8, 4) is 5.75 Å². The Balaban J connectivity index is 1.25. The zero-order valence-corrected chi connectivity index (χ0v) is 16.8. The van der Waals surface area contributed by atoms with Gasteiger partial charge in [-0.2, -0.15) is 0 Å². The van der Waals surface area contributed by atoms with Crippen LogP contribution in [-0.2, 0) is 11.2 Å². The van der Waals surface area contributed by atoms with Gasteiger partial charge in [0, 0.05) is 55.5 Å². The Morgan fingerprint density at radius 1 is 1.10 bits per heavy atom. The number of carbonyl (C=O) groups is 1. The first-order valence-corrected chi connectivity index (χ1v) is 10.2. The normalized spacial score (nSPS) is 16.1. The maximum atomic E-state index is 12.6. The van der Waals surface area contributed by atoms with Crippen LogP contribution in [0.4, 0.5) is 5.69 Å². The number of piperazine rings is 1. The molecule has 0 bridgehead atoms. The molecule has 0 radical (unpaired) electrons. The van der Waals surface area contributed by atoms with Crippen molar-refractivity contribution in [3.05, 3.63) is 60.3 Å². The third-order valence-corrected chi connectivity index (χ3v) is 5.82. The highest BCUT2D eigenvalue weighted by atomic mass is 16.3. The number of carbonyl (C=O) groups excluding carboxylic acids is 1. The van der Waals surface area contributed by atoms with Crippen molar-refractivity contribution >= 4 is 22.5 Å². The van der Waals surface area contributed by atoms with E-state index in [0.717, 1.165) is 43.8 Å². The predicted molar refractivity (Wildman–Crippen MR) is 116 cm³/mol. The van der Waals surface area contributed by atoms with Gasteiger partial charge in [0.05, 0.1) is 6.04 Å². The molecule has 1 atom stereocenters. The molecular weight excluding hydrogens is 364 g/mol. The van der Waals surface area contributed by atoms with E-state index in [4.69, 9.17) is 0 Å². The first-order valence-electron chi connectivity index (χ1n) is 10.2. The van der Waals surface area contributed by atoms with Crippen LogP contribution < -0.4 is 10.2 Å². The highest BCUT2D eigenvalue weighted by Gasteiger charge is 2.25. The van der Waals surface area contributed by atoms with Crippen LogP contribution in [0.25, 0.3) is 10.9 Å². The zero-order valence-electron chi connectivity index (χ0n) is 16.8. The molecule has 2 aromatic carbocycles. The summed E-state index contributed by atoms with van der Waals surface area (Å²) < 4.78 is 0. The topological polar surface area (TPSA) is 71.6 Å². The van der Waals surface area contributed by atoms with Gasteiger partial charge in [0.1, 0.15) is 5.75 Å². The van der Waals surface area contributed by atoms with Gasteiger partial charge >= 0.3 is 0 Å². The molecule has 4 rings (SSSR count). The SMILES string of the molecule is CC(C(=O)NCCc1c[nH]c2ccccc12)N1CCN(c2ccc(O)cc2)CC1. The molecule has 0 spiro atoms. The number of nitrogens with zero attached hydrogens (tertiary/aromatic N) is 2. The van der Waals surface area contributed by atoms with Gasteiger partial charge in [-0.05, 0) is 49.2 Å². The van der Waals surface area contributed by atoms with Crippen molar-refractivity contribution in [1.82, 2.24) is 15.2 Å². The second kappa shape index (κ2) is 8.57. The molecule has 2 heterocycles. The Morgan fingerprint density at radius 2 is 1.83 bits per heavy atom. The molecule has 152 valence electrons. The highest BCUT2D eigenvalue weighted by Crippen LogP contribution is 2.20. The summed E-state index contributed by atoms with van der Waals surface area (Å²) in [6, 6.07) is 15.4. The van der Waals surface area contributed by atoms with Crippen LogP contribution in [0.2, 0.25) is 0 Å². The third kappa shape index (κ3) is 4.38. The fraction of sp³-hybridized carbons (Fsp3) is 0.348. The molecule has 1 aliphatic rings. The maximum absolute atomic E-state index is 12.6. The molecule has 3 N–H and O–H groups in total. The van der Waals surface area contributed by atoms with Crippen LogP contribution in [0, 0.1) is 0 Å². The number of rotatable bonds is 6. The summed E-state index contributed by atoms with van der Waals surface area (Å²) in [4.78, 5) is 20.4. The van der Waals surface area contributed by atoms with E-state index in [1.54, 1.807) is 12.1 Å². The van der Waals surface area contributed by atoms with Crippen LogP contribution in [-0.4, -0.2) is 59.7 Å². The Labute approximate surface area is 171 Å². The van der Waals surface area contributed by atoms with Crippen molar-refractivity contribution in [2.45, 2.75) is 19.4 Å². The fourth-order valence-corrected chi connectivity index (χ4v) is 4.00. The Bertz CT molecular complexity index is 958. The van der Waals surface area contributed by atoms with Gasteiger partial charge in [0.15, 0.2) is 0 Å². The number of phenolic OH excluding ortho intramolecular Hbond substituents is 1. The molecule has 6 heteroatoms. The minimum Gasteiger partial charge on any atom is -0.508 e. The number of aromatic nitrogens is 1. The third-order valence-electron chi connectivity index (χ3n) is 5.82. The van der Waals surface area contributed by atoms with E-state index in [-0.39, 0.29) is 17.7 Å². The molecule has 0 saturated carbocycles. The fourth-order valence-electron chi connectivity index (χ4n) is 4.00. The number of H-pyrrole nitrogens is 1. The van der Waals surface area contributed by atoms with Gasteiger partial charge in [0.2, 0.25) is 5.91 Å². The number of anilines is 1. The number of para-hydroxylation sites is 1. The molecule has 1 aromatic heterocycles. The molecule has 1 saturated heterocycles. The summed E-state index contributed by atoms with van der Waals surface area (Å²) in [6.07, 6.45) is 2.85. The molecule has 1 fully saturated rings. The van der Waals surface area contributed by atoms with Gasteiger partial charge in [-0.15, -0.1) is 0 Å². The lowest BCUT2D eigenvalue weighted by atomic mass is 10.1. The lowest BCUT2D eigenvalue weighted by Gasteiger charge is -2.38. The summed E-state index contributed by atoms with van der Waals surface area (Å²) in [5.74, 6) is 0.369. The van der Waals surface area contributed by atoms with E-state index < -0.39 is 0 Å².